The molecular formula is C18H21NO. The van der Waals surface area contributed by atoms with Gasteiger partial charge in [0.15, 0.2) is 0 Å². The summed E-state index contributed by atoms with van der Waals surface area (Å²) >= 11 is 0. The number of carbonyl (C=O) groups is 1. The smallest absolute Gasteiger partial charge is 0.232 e. The van der Waals surface area contributed by atoms with Gasteiger partial charge in [-0.3, -0.25) is 4.79 Å². The molecule has 2 rings (SSSR count). The van der Waals surface area contributed by atoms with E-state index in [9.17, 15) is 4.79 Å². The van der Waals surface area contributed by atoms with Crippen molar-refractivity contribution in [3.8, 4) is 11.1 Å². The summed E-state index contributed by atoms with van der Waals surface area (Å²) < 4.78 is 0. The Bertz CT molecular complexity index is 583. The van der Waals surface area contributed by atoms with Crippen LogP contribution in [0.4, 0.5) is 0 Å². The monoisotopic (exact) mass is 267 g/mol. The van der Waals surface area contributed by atoms with Crippen LogP contribution >= 0.6 is 0 Å². The molecule has 0 aliphatic carbocycles. The first kappa shape index (κ1) is 14.3. The Hall–Kier alpha value is -2.09. The minimum atomic E-state index is -0.501. The molecule has 0 unspecified atom stereocenters. The lowest BCUT2D eigenvalue weighted by atomic mass is 9.82. The Morgan fingerprint density at radius 3 is 1.85 bits per heavy atom. The van der Waals surface area contributed by atoms with E-state index in [1.54, 1.807) is 19.0 Å². The number of hydrogen-bond donors (Lipinski definition) is 0. The fourth-order valence-electron chi connectivity index (χ4n) is 2.39. The molecule has 1 amide bonds. The predicted molar refractivity (Wildman–Crippen MR) is 83.6 cm³/mol. The van der Waals surface area contributed by atoms with Crippen LogP contribution in [0.15, 0.2) is 54.6 Å². The van der Waals surface area contributed by atoms with Crippen LogP contribution in [0.3, 0.4) is 0 Å². The summed E-state index contributed by atoms with van der Waals surface area (Å²) in [4.78, 5) is 13.9. The molecule has 0 bridgehead atoms. The Morgan fingerprint density at radius 1 is 0.850 bits per heavy atom. The predicted octanol–water partition coefficient (Wildman–Crippen LogP) is 3.72. The minimum absolute atomic E-state index is 0.116. The highest BCUT2D eigenvalue weighted by Crippen LogP contribution is 2.27. The van der Waals surface area contributed by atoms with E-state index >= 15 is 0 Å². The largest absolute Gasteiger partial charge is 0.348 e. The fourth-order valence-corrected chi connectivity index (χ4v) is 2.39. The van der Waals surface area contributed by atoms with Crippen LogP contribution in [-0.4, -0.2) is 24.9 Å². The number of rotatable bonds is 3. The average molecular weight is 267 g/mol. The summed E-state index contributed by atoms with van der Waals surface area (Å²) in [5.41, 5.74) is 2.90. The van der Waals surface area contributed by atoms with E-state index in [2.05, 4.69) is 24.3 Å². The lowest BCUT2D eigenvalue weighted by Gasteiger charge is -2.27. The van der Waals surface area contributed by atoms with E-state index in [1.165, 1.54) is 11.1 Å². The number of hydrogen-bond acceptors (Lipinski definition) is 1. The molecule has 0 saturated carbocycles. The highest BCUT2D eigenvalue weighted by Gasteiger charge is 2.30. The molecule has 0 aliphatic rings. The highest BCUT2D eigenvalue weighted by molar-refractivity contribution is 5.87. The van der Waals surface area contributed by atoms with E-state index in [1.807, 2.05) is 44.2 Å². The van der Waals surface area contributed by atoms with Gasteiger partial charge in [-0.2, -0.15) is 0 Å². The molecule has 0 saturated heterocycles. The molecule has 2 heteroatoms. The van der Waals surface area contributed by atoms with Crippen molar-refractivity contribution < 1.29 is 4.79 Å². The van der Waals surface area contributed by atoms with Crippen molar-refractivity contribution in [2.45, 2.75) is 19.3 Å². The van der Waals surface area contributed by atoms with E-state index in [0.29, 0.717) is 0 Å². The first-order chi connectivity index (χ1) is 9.43. The minimum Gasteiger partial charge on any atom is -0.348 e. The van der Waals surface area contributed by atoms with Gasteiger partial charge in [0.05, 0.1) is 5.41 Å². The molecule has 0 fully saturated rings. The van der Waals surface area contributed by atoms with Crippen LogP contribution in [-0.2, 0) is 10.2 Å². The van der Waals surface area contributed by atoms with Gasteiger partial charge in [0, 0.05) is 14.1 Å². The molecule has 0 N–H and O–H groups in total. The zero-order valence-electron chi connectivity index (χ0n) is 12.6. The Morgan fingerprint density at radius 2 is 1.35 bits per heavy atom. The second kappa shape index (κ2) is 5.49. The SMILES string of the molecule is CN(C)C(=O)C(C)(C)c1ccc(-c2ccccc2)cc1. The van der Waals surface area contributed by atoms with Gasteiger partial charge >= 0.3 is 0 Å². The maximum absolute atomic E-state index is 12.2. The summed E-state index contributed by atoms with van der Waals surface area (Å²) in [6.07, 6.45) is 0. The van der Waals surface area contributed by atoms with Crippen molar-refractivity contribution in [3.05, 3.63) is 60.2 Å². The summed E-state index contributed by atoms with van der Waals surface area (Å²) in [6, 6.07) is 18.5. The van der Waals surface area contributed by atoms with Crippen LogP contribution in [0.5, 0.6) is 0 Å². The highest BCUT2D eigenvalue weighted by atomic mass is 16.2. The number of nitrogens with zero attached hydrogens (tertiary/aromatic N) is 1. The van der Waals surface area contributed by atoms with Crippen molar-refractivity contribution in [3.63, 3.8) is 0 Å². The van der Waals surface area contributed by atoms with Gasteiger partial charge in [-0.05, 0) is 30.5 Å². The molecule has 0 radical (unpaired) electrons. The van der Waals surface area contributed by atoms with Gasteiger partial charge in [-0.15, -0.1) is 0 Å². The molecule has 2 nitrogen and oxygen atoms in total. The first-order valence-electron chi connectivity index (χ1n) is 6.80. The first-order valence-corrected chi connectivity index (χ1v) is 6.80. The van der Waals surface area contributed by atoms with E-state index in [-0.39, 0.29) is 5.91 Å². The second-order valence-electron chi connectivity index (χ2n) is 5.77. The molecule has 0 aromatic heterocycles. The van der Waals surface area contributed by atoms with Gasteiger partial charge in [0.1, 0.15) is 0 Å². The van der Waals surface area contributed by atoms with E-state index < -0.39 is 5.41 Å². The topological polar surface area (TPSA) is 20.3 Å². The van der Waals surface area contributed by atoms with Crippen LogP contribution in [0.1, 0.15) is 19.4 Å². The third-order valence-electron chi connectivity index (χ3n) is 3.65. The van der Waals surface area contributed by atoms with Crippen molar-refractivity contribution >= 4 is 5.91 Å². The third-order valence-corrected chi connectivity index (χ3v) is 3.65. The fraction of sp³-hybridized carbons (Fsp3) is 0.278. The molecule has 20 heavy (non-hydrogen) atoms. The van der Waals surface area contributed by atoms with E-state index in [0.717, 1.165) is 5.56 Å². The number of amides is 1. The summed E-state index contributed by atoms with van der Waals surface area (Å²) in [6.45, 7) is 3.93. The standard InChI is InChI=1S/C18H21NO/c1-18(2,17(20)19(3)4)16-12-10-15(11-13-16)14-8-6-5-7-9-14/h5-13H,1-4H3. The summed E-state index contributed by atoms with van der Waals surface area (Å²) in [5.74, 6) is 0.116. The second-order valence-corrected chi connectivity index (χ2v) is 5.77. The molecule has 104 valence electrons. The van der Waals surface area contributed by atoms with Gasteiger partial charge < -0.3 is 4.90 Å². The van der Waals surface area contributed by atoms with Crippen molar-refractivity contribution in [2.75, 3.05) is 14.1 Å². The molecule has 0 aliphatic heterocycles. The molecule has 2 aromatic carbocycles. The quantitative estimate of drug-likeness (QED) is 0.830. The lowest BCUT2D eigenvalue weighted by Crippen LogP contribution is -2.39. The molecule has 0 heterocycles. The van der Waals surface area contributed by atoms with Gasteiger partial charge in [-0.1, -0.05) is 54.6 Å². The Balaban J connectivity index is 2.31. The van der Waals surface area contributed by atoms with Crippen LogP contribution in [0, 0.1) is 0 Å². The van der Waals surface area contributed by atoms with E-state index in [4.69, 9.17) is 0 Å². The summed E-state index contributed by atoms with van der Waals surface area (Å²) in [5, 5.41) is 0. The molecular weight excluding hydrogens is 246 g/mol. The lowest BCUT2D eigenvalue weighted by molar-refractivity contribution is -0.133. The Kier molecular flexibility index (Phi) is 3.93. The normalized spacial score (nSPS) is 11.2. The molecule has 0 atom stereocenters. The van der Waals surface area contributed by atoms with Crippen molar-refractivity contribution in [2.24, 2.45) is 0 Å². The maximum atomic E-state index is 12.2. The number of carbonyl (C=O) groups excluding carboxylic acids is 1. The van der Waals surface area contributed by atoms with Gasteiger partial charge in [0.25, 0.3) is 0 Å². The summed E-state index contributed by atoms with van der Waals surface area (Å²) in [7, 11) is 3.59. The van der Waals surface area contributed by atoms with Gasteiger partial charge in [-0.25, -0.2) is 0 Å². The van der Waals surface area contributed by atoms with Crippen molar-refractivity contribution in [1.29, 1.82) is 0 Å². The van der Waals surface area contributed by atoms with Crippen LogP contribution in [0.25, 0.3) is 11.1 Å². The molecule has 2 aromatic rings. The number of likely N-dealkylation sites (N-methyl/N-ethyl adjacent to an activating group) is 1. The average Bonchev–Trinajstić information content (AvgIpc) is 2.47. The third kappa shape index (κ3) is 2.74. The number of benzene rings is 2. The zero-order chi connectivity index (χ0) is 14.8. The van der Waals surface area contributed by atoms with Crippen LogP contribution in [0.2, 0.25) is 0 Å². The Labute approximate surface area is 121 Å². The molecule has 0 spiro atoms. The maximum Gasteiger partial charge on any atom is 0.232 e. The van der Waals surface area contributed by atoms with Crippen molar-refractivity contribution in [1.82, 2.24) is 4.90 Å². The zero-order valence-corrected chi connectivity index (χ0v) is 12.6. The van der Waals surface area contributed by atoms with Gasteiger partial charge in [0.2, 0.25) is 5.91 Å². The van der Waals surface area contributed by atoms with Crippen LogP contribution < -0.4 is 0 Å².